The molecular weight excluding hydrogens is 320 g/mol. The highest BCUT2D eigenvalue weighted by Gasteiger charge is 2.32. The van der Waals surface area contributed by atoms with Crippen LogP contribution >= 0.6 is 0 Å². The number of piperidine rings is 1. The maximum Gasteiger partial charge on any atom is 0.274 e. The maximum atomic E-state index is 10.1. The fraction of sp³-hybridized carbons (Fsp3) is 0.647. The van der Waals surface area contributed by atoms with Crippen molar-refractivity contribution < 1.29 is 15.0 Å². The zero-order valence-corrected chi connectivity index (χ0v) is 15.4. The Kier molecular flexibility index (Phi) is 6.02. The molecule has 0 aromatic carbocycles. The third kappa shape index (κ3) is 4.95. The number of anilines is 1. The first-order valence-electron chi connectivity index (χ1n) is 8.59. The van der Waals surface area contributed by atoms with E-state index in [0.717, 1.165) is 36.7 Å². The van der Waals surface area contributed by atoms with Crippen molar-refractivity contribution in [1.29, 1.82) is 5.26 Å². The highest BCUT2D eigenvalue weighted by Crippen LogP contribution is 2.21. The summed E-state index contributed by atoms with van der Waals surface area (Å²) in [4.78, 5) is 12.8. The van der Waals surface area contributed by atoms with Gasteiger partial charge in [-0.2, -0.15) is 5.26 Å². The van der Waals surface area contributed by atoms with Gasteiger partial charge in [-0.3, -0.25) is 0 Å². The van der Waals surface area contributed by atoms with Gasteiger partial charge in [-0.05, 0) is 39.8 Å². The van der Waals surface area contributed by atoms with Gasteiger partial charge in [0.05, 0.1) is 23.7 Å². The predicted octanol–water partition coefficient (Wildman–Crippen LogP) is 2.74. The van der Waals surface area contributed by atoms with E-state index in [9.17, 15) is 5.21 Å². The van der Waals surface area contributed by atoms with Crippen molar-refractivity contribution in [1.82, 2.24) is 9.99 Å². The zero-order chi connectivity index (χ0) is 18.4. The molecule has 1 saturated heterocycles. The summed E-state index contributed by atoms with van der Waals surface area (Å²) in [5.41, 5.74) is 0.355. The van der Waals surface area contributed by atoms with E-state index < -0.39 is 0 Å². The summed E-state index contributed by atoms with van der Waals surface area (Å²) in [7, 11) is 0. The van der Waals surface area contributed by atoms with Gasteiger partial charge in [0.25, 0.3) is 10.2 Å². The van der Waals surface area contributed by atoms with Gasteiger partial charge in [0.2, 0.25) is 0 Å². The molecule has 1 aromatic rings. The highest BCUT2D eigenvalue weighted by molar-refractivity contribution is 5.45. The molecule has 0 aliphatic carbocycles. The first-order valence-corrected chi connectivity index (χ1v) is 8.59. The van der Waals surface area contributed by atoms with Gasteiger partial charge in [-0.25, -0.2) is 10.2 Å². The lowest BCUT2D eigenvalue weighted by Crippen LogP contribution is -2.46. The van der Waals surface area contributed by atoms with Crippen LogP contribution in [0.15, 0.2) is 23.6 Å². The van der Waals surface area contributed by atoms with E-state index in [4.69, 9.17) is 10.1 Å². The van der Waals surface area contributed by atoms with E-state index in [0.29, 0.717) is 12.1 Å². The summed E-state index contributed by atoms with van der Waals surface area (Å²) in [5, 5.41) is 24.6. The van der Waals surface area contributed by atoms with Crippen molar-refractivity contribution in [2.24, 2.45) is 5.28 Å². The topological polar surface area (TPSA) is 88.0 Å². The average molecular weight is 347 g/mol. The molecular formula is C17H27N6O2+. The predicted molar refractivity (Wildman–Crippen MR) is 91.9 cm³/mol. The second-order valence-corrected chi connectivity index (χ2v) is 7.04. The third-order valence-corrected chi connectivity index (χ3v) is 4.20. The molecule has 2 rings (SSSR count). The smallest absolute Gasteiger partial charge is 0.274 e. The van der Waals surface area contributed by atoms with E-state index in [1.165, 1.54) is 0 Å². The minimum atomic E-state index is -0.253. The first kappa shape index (κ1) is 18.8. The maximum absolute atomic E-state index is 10.1. The zero-order valence-electron chi connectivity index (χ0n) is 15.4. The third-order valence-electron chi connectivity index (χ3n) is 4.20. The SMILES string of the molecule is CCN(/[N+](O)=N/OC1CCN(c2cc(C#N)ccn2)CC1)C(C)(C)C. The molecule has 0 saturated carbocycles. The Balaban J connectivity index is 1.90. The lowest BCUT2D eigenvalue weighted by atomic mass is 10.1. The summed E-state index contributed by atoms with van der Waals surface area (Å²) in [5.74, 6) is 0.808. The van der Waals surface area contributed by atoms with E-state index in [1.54, 1.807) is 23.3 Å². The van der Waals surface area contributed by atoms with Crippen LogP contribution in [0.5, 0.6) is 0 Å². The van der Waals surface area contributed by atoms with E-state index >= 15 is 0 Å². The van der Waals surface area contributed by atoms with Crippen LogP contribution in [0.1, 0.15) is 46.1 Å². The number of hydrogen-bond donors (Lipinski definition) is 1. The van der Waals surface area contributed by atoms with E-state index in [2.05, 4.69) is 21.2 Å². The summed E-state index contributed by atoms with van der Waals surface area (Å²) in [6, 6.07) is 5.62. The number of rotatable bonds is 5. The van der Waals surface area contributed by atoms with E-state index in [1.807, 2.05) is 27.7 Å². The lowest BCUT2D eigenvalue weighted by Gasteiger charge is -2.31. The van der Waals surface area contributed by atoms with Crippen LogP contribution in [0.3, 0.4) is 0 Å². The molecule has 1 aromatic heterocycles. The van der Waals surface area contributed by atoms with Crippen molar-refractivity contribution in [3.8, 4) is 6.07 Å². The van der Waals surface area contributed by atoms with Crippen molar-refractivity contribution in [2.75, 3.05) is 24.5 Å². The Morgan fingerprint density at radius 2 is 2.16 bits per heavy atom. The van der Waals surface area contributed by atoms with Gasteiger partial charge in [-0.1, -0.05) is 0 Å². The van der Waals surface area contributed by atoms with Crippen LogP contribution in [0.2, 0.25) is 0 Å². The van der Waals surface area contributed by atoms with Gasteiger partial charge in [0.15, 0.2) is 0 Å². The fourth-order valence-electron chi connectivity index (χ4n) is 2.87. The van der Waals surface area contributed by atoms with Crippen LogP contribution < -0.4 is 4.90 Å². The fourth-order valence-corrected chi connectivity index (χ4v) is 2.87. The Bertz CT molecular complexity index is 641. The molecule has 8 nitrogen and oxygen atoms in total. The molecule has 0 radical (unpaired) electrons. The second kappa shape index (κ2) is 8.01. The first-order chi connectivity index (χ1) is 11.8. The molecule has 0 spiro atoms. The normalized spacial score (nSPS) is 16.4. The Morgan fingerprint density at radius 3 is 2.72 bits per heavy atom. The summed E-state index contributed by atoms with van der Waals surface area (Å²) in [6.45, 7) is 10.1. The standard InChI is InChI=1S/C17H27N6O2/c1-5-22(17(2,3)4)23(24)20-25-15-7-10-21(11-8-15)16-12-14(13-18)6-9-19-16/h6,9,12,15H,5,7-8,10-11H2,1-4H3,(H,20,24)/q+1. The second-order valence-electron chi connectivity index (χ2n) is 7.04. The quantitative estimate of drug-likeness (QED) is 0.500. The monoisotopic (exact) mass is 347 g/mol. The molecule has 1 aliphatic rings. The van der Waals surface area contributed by atoms with Crippen molar-refractivity contribution >= 4 is 5.82 Å². The van der Waals surface area contributed by atoms with E-state index in [-0.39, 0.29) is 11.6 Å². The van der Waals surface area contributed by atoms with Crippen molar-refractivity contribution in [3.63, 3.8) is 0 Å². The molecule has 1 aliphatic heterocycles. The molecule has 136 valence electrons. The minimum Gasteiger partial charge on any atom is -0.356 e. The highest BCUT2D eigenvalue weighted by atomic mass is 16.7. The molecule has 0 bridgehead atoms. The van der Waals surface area contributed by atoms with Crippen LogP contribution in [0.25, 0.3) is 0 Å². The Labute approximate surface area is 148 Å². The van der Waals surface area contributed by atoms with Crippen LogP contribution in [0, 0.1) is 11.3 Å². The number of pyridine rings is 1. The van der Waals surface area contributed by atoms with Crippen molar-refractivity contribution in [3.05, 3.63) is 23.9 Å². The lowest BCUT2D eigenvalue weighted by molar-refractivity contribution is -0.949. The number of hydrogen-bond acceptors (Lipinski definition) is 5. The summed E-state index contributed by atoms with van der Waals surface area (Å²) < 4.78 is 0. The molecule has 1 fully saturated rings. The molecule has 0 amide bonds. The molecule has 8 heteroatoms. The van der Waals surface area contributed by atoms with Gasteiger partial charge in [0.1, 0.15) is 11.9 Å². The number of nitrogens with zero attached hydrogens (tertiary/aromatic N) is 6. The number of nitriles is 1. The largest absolute Gasteiger partial charge is 0.356 e. The Morgan fingerprint density at radius 1 is 1.48 bits per heavy atom. The Hall–Kier alpha value is -2.56. The van der Waals surface area contributed by atoms with Crippen LogP contribution in [-0.4, -0.2) is 51.4 Å². The number of hydrazine groups is 1. The van der Waals surface area contributed by atoms with Crippen LogP contribution in [-0.2, 0) is 4.84 Å². The number of aromatic nitrogens is 1. The van der Waals surface area contributed by atoms with Crippen molar-refractivity contribution in [2.45, 2.75) is 52.2 Å². The van der Waals surface area contributed by atoms with Gasteiger partial charge < -0.3 is 9.74 Å². The molecule has 0 atom stereocenters. The van der Waals surface area contributed by atoms with Gasteiger partial charge >= 0.3 is 0 Å². The molecule has 25 heavy (non-hydrogen) atoms. The molecule has 0 unspecified atom stereocenters. The van der Waals surface area contributed by atoms with Gasteiger partial charge in [-0.15, -0.1) is 5.01 Å². The minimum absolute atomic E-state index is 0.0521. The molecule has 2 heterocycles. The summed E-state index contributed by atoms with van der Waals surface area (Å²) >= 11 is 0. The van der Waals surface area contributed by atoms with Crippen LogP contribution in [0.4, 0.5) is 5.82 Å². The summed E-state index contributed by atoms with van der Waals surface area (Å²) in [6.07, 6.45) is 3.15. The average Bonchev–Trinajstić information content (AvgIpc) is 2.60. The van der Waals surface area contributed by atoms with Gasteiger partial charge in [0, 0.05) is 32.1 Å². The molecule has 1 N–H and O–H groups in total.